The first-order valence-corrected chi connectivity index (χ1v) is 9.95. The predicted molar refractivity (Wildman–Crippen MR) is 106 cm³/mol. The summed E-state index contributed by atoms with van der Waals surface area (Å²) in [6.45, 7) is 6.79. The fourth-order valence-electron chi connectivity index (χ4n) is 3.43. The van der Waals surface area contributed by atoms with Crippen LogP contribution in [0.2, 0.25) is 0 Å². The van der Waals surface area contributed by atoms with Gasteiger partial charge in [-0.1, -0.05) is 29.8 Å². The number of nitrogens with zero attached hydrogens (tertiary/aromatic N) is 3. The summed E-state index contributed by atoms with van der Waals surface area (Å²) in [5.74, 6) is 0.967. The molecule has 4 rings (SSSR count). The quantitative estimate of drug-likeness (QED) is 0.660. The number of fused-ring (bicyclic) bond motifs is 1. The molecule has 1 N–H and O–H groups in total. The van der Waals surface area contributed by atoms with Crippen LogP contribution in [0, 0.1) is 6.92 Å². The van der Waals surface area contributed by atoms with E-state index in [1.54, 1.807) is 17.7 Å². The first-order valence-electron chi connectivity index (χ1n) is 9.07. The molecule has 130 valence electrons. The molecule has 0 bridgehead atoms. The summed E-state index contributed by atoms with van der Waals surface area (Å²) in [5, 5.41) is 5.71. The molecule has 0 atom stereocenters. The number of hydrogen-bond acceptors (Lipinski definition) is 5. The fourth-order valence-corrected chi connectivity index (χ4v) is 4.42. The Labute approximate surface area is 152 Å². The minimum absolute atomic E-state index is 0.959. The van der Waals surface area contributed by atoms with Gasteiger partial charge in [0.2, 0.25) is 0 Å². The highest BCUT2D eigenvalue weighted by Crippen LogP contribution is 2.35. The van der Waals surface area contributed by atoms with Gasteiger partial charge >= 0.3 is 0 Å². The number of benzene rings is 1. The van der Waals surface area contributed by atoms with Crippen molar-refractivity contribution in [2.45, 2.75) is 26.2 Å². The topological polar surface area (TPSA) is 41.0 Å². The highest BCUT2D eigenvalue weighted by atomic mass is 32.1. The van der Waals surface area contributed by atoms with Gasteiger partial charge in [-0.15, -0.1) is 11.3 Å². The van der Waals surface area contributed by atoms with E-state index in [0.717, 1.165) is 29.0 Å². The van der Waals surface area contributed by atoms with Crippen LogP contribution < -0.4 is 5.32 Å². The van der Waals surface area contributed by atoms with E-state index >= 15 is 0 Å². The number of anilines is 1. The summed E-state index contributed by atoms with van der Waals surface area (Å²) in [7, 11) is 0. The summed E-state index contributed by atoms with van der Waals surface area (Å²) in [6, 6.07) is 8.64. The number of thiophene rings is 1. The van der Waals surface area contributed by atoms with Crippen LogP contribution in [0.25, 0.3) is 21.3 Å². The second-order valence-electron chi connectivity index (χ2n) is 6.74. The maximum Gasteiger partial charge on any atom is 0.147 e. The molecule has 1 fully saturated rings. The van der Waals surface area contributed by atoms with Crippen molar-refractivity contribution < 1.29 is 0 Å². The highest BCUT2D eigenvalue weighted by molar-refractivity contribution is 7.18. The Morgan fingerprint density at radius 2 is 1.92 bits per heavy atom. The van der Waals surface area contributed by atoms with E-state index in [0.29, 0.717) is 0 Å². The molecule has 0 saturated carbocycles. The monoisotopic (exact) mass is 352 g/mol. The second-order valence-corrected chi connectivity index (χ2v) is 7.62. The van der Waals surface area contributed by atoms with Gasteiger partial charge in [-0.3, -0.25) is 0 Å². The van der Waals surface area contributed by atoms with Crippen molar-refractivity contribution in [1.82, 2.24) is 14.9 Å². The Kier molecular flexibility index (Phi) is 4.95. The second kappa shape index (κ2) is 7.50. The third-order valence-corrected chi connectivity index (χ3v) is 5.83. The summed E-state index contributed by atoms with van der Waals surface area (Å²) in [4.78, 5) is 11.6. The van der Waals surface area contributed by atoms with Crippen LogP contribution in [0.4, 0.5) is 5.82 Å². The zero-order chi connectivity index (χ0) is 17.1. The van der Waals surface area contributed by atoms with Gasteiger partial charge in [-0.05, 0) is 51.4 Å². The molecule has 1 saturated heterocycles. The molecule has 1 aromatic carbocycles. The Hall–Kier alpha value is -1.98. The van der Waals surface area contributed by atoms with Crippen molar-refractivity contribution in [3.05, 3.63) is 41.5 Å². The maximum atomic E-state index is 4.54. The molecule has 3 aromatic rings. The van der Waals surface area contributed by atoms with Crippen molar-refractivity contribution in [2.24, 2.45) is 0 Å². The van der Waals surface area contributed by atoms with Crippen LogP contribution in [0.5, 0.6) is 0 Å². The van der Waals surface area contributed by atoms with Gasteiger partial charge < -0.3 is 10.2 Å². The van der Waals surface area contributed by atoms with Gasteiger partial charge in [0.25, 0.3) is 0 Å². The molecule has 5 heteroatoms. The SMILES string of the molecule is Cc1ccc(-c2csc3c(NCCCN4CCCC4)ncnc23)cc1. The maximum absolute atomic E-state index is 4.54. The normalized spacial score (nSPS) is 15.1. The first-order chi connectivity index (χ1) is 12.3. The zero-order valence-corrected chi connectivity index (χ0v) is 15.5. The molecule has 0 spiro atoms. The number of aryl methyl sites for hydroxylation is 1. The van der Waals surface area contributed by atoms with Gasteiger partial charge in [-0.2, -0.15) is 0 Å². The number of hydrogen-bond donors (Lipinski definition) is 1. The largest absolute Gasteiger partial charge is 0.369 e. The van der Waals surface area contributed by atoms with E-state index in [4.69, 9.17) is 0 Å². The summed E-state index contributed by atoms with van der Waals surface area (Å²) < 4.78 is 1.15. The molecular weight excluding hydrogens is 328 g/mol. The van der Waals surface area contributed by atoms with Gasteiger partial charge in [-0.25, -0.2) is 9.97 Å². The van der Waals surface area contributed by atoms with Crippen LogP contribution in [-0.2, 0) is 0 Å². The molecule has 1 aliphatic heterocycles. The Morgan fingerprint density at radius 1 is 1.12 bits per heavy atom. The lowest BCUT2D eigenvalue weighted by Crippen LogP contribution is -2.22. The highest BCUT2D eigenvalue weighted by Gasteiger charge is 2.13. The van der Waals surface area contributed by atoms with Crippen LogP contribution in [0.15, 0.2) is 36.0 Å². The van der Waals surface area contributed by atoms with Crippen molar-refractivity contribution >= 4 is 27.4 Å². The van der Waals surface area contributed by atoms with Crippen LogP contribution in [0.3, 0.4) is 0 Å². The minimum Gasteiger partial charge on any atom is -0.369 e. The first kappa shape index (κ1) is 16.5. The number of likely N-dealkylation sites (tertiary alicyclic amines) is 1. The number of nitrogens with one attached hydrogen (secondary N) is 1. The van der Waals surface area contributed by atoms with Crippen molar-refractivity contribution in [3.63, 3.8) is 0 Å². The average molecular weight is 353 g/mol. The van der Waals surface area contributed by atoms with Crippen molar-refractivity contribution in [3.8, 4) is 11.1 Å². The van der Waals surface area contributed by atoms with E-state index in [1.807, 2.05) is 0 Å². The molecule has 0 unspecified atom stereocenters. The lowest BCUT2D eigenvalue weighted by atomic mass is 10.1. The van der Waals surface area contributed by atoms with E-state index in [-0.39, 0.29) is 0 Å². The Bertz CT molecular complexity index is 835. The van der Waals surface area contributed by atoms with E-state index in [9.17, 15) is 0 Å². The van der Waals surface area contributed by atoms with Crippen molar-refractivity contribution in [2.75, 3.05) is 31.5 Å². The number of aromatic nitrogens is 2. The van der Waals surface area contributed by atoms with E-state index in [2.05, 4.69) is 56.8 Å². The molecular formula is C20H24N4S. The van der Waals surface area contributed by atoms with Crippen LogP contribution in [-0.4, -0.2) is 41.0 Å². The van der Waals surface area contributed by atoms with Gasteiger partial charge in [0.05, 0.1) is 10.2 Å². The standard InChI is InChI=1S/C20H24N4S/c1-15-5-7-16(8-6-15)17-13-25-19-18(17)22-14-23-20(19)21-9-4-12-24-10-2-3-11-24/h5-8,13-14H,2-4,9-12H2,1H3,(H,21,22,23). The van der Waals surface area contributed by atoms with Gasteiger partial charge in [0.1, 0.15) is 12.1 Å². The fraction of sp³-hybridized carbons (Fsp3) is 0.400. The summed E-state index contributed by atoms with van der Waals surface area (Å²) in [5.41, 5.74) is 4.74. The smallest absolute Gasteiger partial charge is 0.147 e. The van der Waals surface area contributed by atoms with Gasteiger partial charge in [0.15, 0.2) is 0 Å². The predicted octanol–water partition coefficient (Wildman–Crippen LogP) is 4.56. The molecule has 4 nitrogen and oxygen atoms in total. The molecule has 0 aliphatic carbocycles. The molecule has 0 amide bonds. The summed E-state index contributed by atoms with van der Waals surface area (Å²) >= 11 is 1.73. The van der Waals surface area contributed by atoms with Gasteiger partial charge in [0, 0.05) is 17.5 Å². The lowest BCUT2D eigenvalue weighted by molar-refractivity contribution is 0.337. The van der Waals surface area contributed by atoms with Crippen molar-refractivity contribution in [1.29, 1.82) is 0 Å². The molecule has 25 heavy (non-hydrogen) atoms. The minimum atomic E-state index is 0.959. The zero-order valence-electron chi connectivity index (χ0n) is 14.7. The average Bonchev–Trinajstić information content (AvgIpc) is 3.29. The molecule has 0 radical (unpaired) electrons. The Morgan fingerprint density at radius 3 is 2.72 bits per heavy atom. The van der Waals surface area contributed by atoms with E-state index < -0.39 is 0 Å². The third-order valence-electron chi connectivity index (χ3n) is 4.86. The number of rotatable bonds is 6. The lowest BCUT2D eigenvalue weighted by Gasteiger charge is -2.14. The van der Waals surface area contributed by atoms with E-state index in [1.165, 1.54) is 49.2 Å². The third kappa shape index (κ3) is 3.67. The molecule has 2 aromatic heterocycles. The summed E-state index contributed by atoms with van der Waals surface area (Å²) in [6.07, 6.45) is 5.55. The Balaban J connectivity index is 1.47. The van der Waals surface area contributed by atoms with Crippen LogP contribution in [0.1, 0.15) is 24.8 Å². The van der Waals surface area contributed by atoms with Crippen LogP contribution >= 0.6 is 11.3 Å². The molecule has 1 aliphatic rings. The molecule has 3 heterocycles.